The molecule has 0 unspecified atom stereocenters. The number of anilines is 1. The van der Waals surface area contributed by atoms with Crippen LogP contribution in [0.4, 0.5) is 10.5 Å². The van der Waals surface area contributed by atoms with E-state index in [9.17, 15) is 9.59 Å². The van der Waals surface area contributed by atoms with Crippen molar-refractivity contribution in [3.05, 3.63) is 101 Å². The standard InChI is InChI=1S/C31H35BrN4O3/c1-39-29-15-6-5-11-26(29)12-8-16-35(30(37)23-25-9-3-2-4-10-25)20-17-34-18-21-36(22-19-34)31(38)33-28-14-7-13-27(32)24-28/h2-15,24H,16-23H2,1H3,(H,33,38). The third-order valence-corrected chi connectivity index (χ3v) is 7.23. The summed E-state index contributed by atoms with van der Waals surface area (Å²) in [5.74, 6) is 0.899. The molecule has 3 amide bonds. The van der Waals surface area contributed by atoms with Crippen LogP contribution in [0.25, 0.3) is 6.08 Å². The van der Waals surface area contributed by atoms with Crippen LogP contribution in [0.2, 0.25) is 0 Å². The zero-order chi connectivity index (χ0) is 27.5. The van der Waals surface area contributed by atoms with Crippen molar-refractivity contribution in [2.45, 2.75) is 6.42 Å². The van der Waals surface area contributed by atoms with E-state index in [1.54, 1.807) is 7.11 Å². The minimum Gasteiger partial charge on any atom is -0.496 e. The molecule has 1 fully saturated rings. The summed E-state index contributed by atoms with van der Waals surface area (Å²) < 4.78 is 6.37. The van der Waals surface area contributed by atoms with Crippen LogP contribution in [0.5, 0.6) is 5.75 Å². The van der Waals surface area contributed by atoms with Crippen LogP contribution < -0.4 is 10.1 Å². The fourth-order valence-electron chi connectivity index (χ4n) is 4.52. The zero-order valence-electron chi connectivity index (χ0n) is 22.3. The topological polar surface area (TPSA) is 65.1 Å². The van der Waals surface area contributed by atoms with Gasteiger partial charge in [0.1, 0.15) is 5.75 Å². The van der Waals surface area contributed by atoms with E-state index in [-0.39, 0.29) is 11.9 Å². The monoisotopic (exact) mass is 590 g/mol. The number of para-hydroxylation sites is 1. The molecule has 0 aromatic heterocycles. The highest BCUT2D eigenvalue weighted by atomic mass is 79.9. The summed E-state index contributed by atoms with van der Waals surface area (Å²) in [6.07, 6.45) is 4.39. The summed E-state index contributed by atoms with van der Waals surface area (Å²) >= 11 is 3.44. The Labute approximate surface area is 239 Å². The number of urea groups is 1. The van der Waals surface area contributed by atoms with Gasteiger partial charge in [-0.15, -0.1) is 0 Å². The first-order chi connectivity index (χ1) is 19.0. The summed E-state index contributed by atoms with van der Waals surface area (Å²) in [4.78, 5) is 32.0. The van der Waals surface area contributed by atoms with Crippen molar-refractivity contribution in [2.24, 2.45) is 0 Å². The van der Waals surface area contributed by atoms with Crippen LogP contribution in [0.1, 0.15) is 11.1 Å². The highest BCUT2D eigenvalue weighted by Crippen LogP contribution is 2.19. The summed E-state index contributed by atoms with van der Waals surface area (Å²) in [6, 6.07) is 25.2. The molecule has 4 rings (SSSR count). The summed E-state index contributed by atoms with van der Waals surface area (Å²) in [7, 11) is 1.66. The van der Waals surface area contributed by atoms with Gasteiger partial charge >= 0.3 is 6.03 Å². The predicted octanol–water partition coefficient (Wildman–Crippen LogP) is 5.39. The maximum absolute atomic E-state index is 13.3. The zero-order valence-corrected chi connectivity index (χ0v) is 23.8. The Kier molecular flexibility index (Phi) is 10.6. The number of benzene rings is 3. The van der Waals surface area contributed by atoms with Gasteiger partial charge in [0.05, 0.1) is 13.5 Å². The number of carbonyl (C=O) groups excluding carboxylic acids is 2. The van der Waals surface area contributed by atoms with Crippen molar-refractivity contribution in [1.82, 2.24) is 14.7 Å². The largest absolute Gasteiger partial charge is 0.496 e. The lowest BCUT2D eigenvalue weighted by Crippen LogP contribution is -2.51. The molecular weight excluding hydrogens is 556 g/mol. The van der Waals surface area contributed by atoms with Crippen LogP contribution in [0.15, 0.2) is 89.4 Å². The fourth-order valence-corrected chi connectivity index (χ4v) is 4.92. The average Bonchev–Trinajstić information content (AvgIpc) is 2.95. The van der Waals surface area contributed by atoms with Crippen LogP contribution in [0.3, 0.4) is 0 Å². The molecule has 0 atom stereocenters. The van der Waals surface area contributed by atoms with Gasteiger partial charge < -0.3 is 19.9 Å². The van der Waals surface area contributed by atoms with Crippen molar-refractivity contribution >= 4 is 39.6 Å². The number of carbonyl (C=O) groups is 2. The lowest BCUT2D eigenvalue weighted by molar-refractivity contribution is -0.130. The SMILES string of the molecule is COc1ccccc1C=CCN(CCN1CCN(C(=O)Nc2cccc(Br)c2)CC1)C(=O)Cc1ccccc1. The number of ether oxygens (including phenoxy) is 1. The van der Waals surface area contributed by atoms with Gasteiger partial charge in [-0.2, -0.15) is 0 Å². The second-order valence-corrected chi connectivity index (χ2v) is 10.3. The molecule has 39 heavy (non-hydrogen) atoms. The minimum absolute atomic E-state index is 0.0890. The van der Waals surface area contributed by atoms with Gasteiger partial charge in [-0.3, -0.25) is 9.69 Å². The van der Waals surface area contributed by atoms with Crippen molar-refractivity contribution in [3.63, 3.8) is 0 Å². The summed E-state index contributed by atoms with van der Waals surface area (Å²) in [5.41, 5.74) is 2.75. The Morgan fingerprint density at radius 1 is 0.974 bits per heavy atom. The van der Waals surface area contributed by atoms with E-state index in [1.165, 1.54) is 0 Å². The van der Waals surface area contributed by atoms with Gasteiger partial charge in [0, 0.05) is 61.5 Å². The predicted molar refractivity (Wildman–Crippen MR) is 160 cm³/mol. The lowest BCUT2D eigenvalue weighted by Gasteiger charge is -2.35. The molecule has 204 valence electrons. The molecule has 7 nitrogen and oxygen atoms in total. The molecule has 0 bridgehead atoms. The van der Waals surface area contributed by atoms with E-state index < -0.39 is 0 Å². The Morgan fingerprint density at radius 3 is 2.46 bits per heavy atom. The summed E-state index contributed by atoms with van der Waals surface area (Å²) in [5, 5.41) is 2.97. The van der Waals surface area contributed by atoms with Gasteiger partial charge in [-0.25, -0.2) is 4.79 Å². The van der Waals surface area contributed by atoms with E-state index in [0.29, 0.717) is 32.6 Å². The molecule has 1 aliphatic heterocycles. The molecule has 3 aromatic carbocycles. The number of amides is 3. The van der Waals surface area contributed by atoms with Crippen molar-refractivity contribution in [2.75, 3.05) is 58.2 Å². The number of piperazine rings is 1. The molecular formula is C31H35BrN4O3. The summed E-state index contributed by atoms with van der Waals surface area (Å²) in [6.45, 7) is 4.71. The minimum atomic E-state index is -0.0890. The van der Waals surface area contributed by atoms with Gasteiger partial charge in [-0.05, 0) is 29.8 Å². The first-order valence-corrected chi connectivity index (χ1v) is 14.0. The third kappa shape index (κ3) is 8.70. The fraction of sp³-hybridized carbons (Fsp3) is 0.290. The number of nitrogens with one attached hydrogen (secondary N) is 1. The molecule has 1 aliphatic rings. The first kappa shape index (κ1) is 28.4. The molecule has 0 aliphatic carbocycles. The Morgan fingerprint density at radius 2 is 1.72 bits per heavy atom. The smallest absolute Gasteiger partial charge is 0.321 e. The molecule has 1 saturated heterocycles. The number of halogens is 1. The molecule has 1 heterocycles. The number of methoxy groups -OCH3 is 1. The second-order valence-electron chi connectivity index (χ2n) is 9.42. The number of hydrogen-bond donors (Lipinski definition) is 1. The van der Waals surface area contributed by atoms with Crippen LogP contribution in [-0.2, 0) is 11.2 Å². The van der Waals surface area contributed by atoms with Gasteiger partial charge in [0.25, 0.3) is 0 Å². The van der Waals surface area contributed by atoms with E-state index in [4.69, 9.17) is 4.74 Å². The number of hydrogen-bond acceptors (Lipinski definition) is 4. The van der Waals surface area contributed by atoms with E-state index in [2.05, 4.69) is 26.1 Å². The normalized spacial score (nSPS) is 13.8. The first-order valence-electron chi connectivity index (χ1n) is 13.2. The Bertz CT molecular complexity index is 1260. The lowest BCUT2D eigenvalue weighted by atomic mass is 10.1. The Balaban J connectivity index is 1.32. The molecule has 0 spiro atoms. The Hall–Kier alpha value is -3.62. The number of rotatable bonds is 10. The second kappa shape index (κ2) is 14.5. The van der Waals surface area contributed by atoms with Gasteiger partial charge in [0.2, 0.25) is 5.91 Å². The molecule has 3 aromatic rings. The van der Waals surface area contributed by atoms with Crippen LogP contribution in [-0.4, -0.2) is 79.6 Å². The average molecular weight is 592 g/mol. The van der Waals surface area contributed by atoms with Gasteiger partial charge in [0.15, 0.2) is 0 Å². The molecule has 1 N–H and O–H groups in total. The number of nitrogens with zero attached hydrogens (tertiary/aromatic N) is 3. The third-order valence-electron chi connectivity index (χ3n) is 6.73. The highest BCUT2D eigenvalue weighted by molar-refractivity contribution is 9.10. The molecule has 8 heteroatoms. The van der Waals surface area contributed by atoms with Crippen molar-refractivity contribution < 1.29 is 14.3 Å². The van der Waals surface area contributed by atoms with Gasteiger partial charge in [-0.1, -0.05) is 82.7 Å². The maximum Gasteiger partial charge on any atom is 0.321 e. The highest BCUT2D eigenvalue weighted by Gasteiger charge is 2.22. The maximum atomic E-state index is 13.3. The van der Waals surface area contributed by atoms with E-state index in [1.807, 2.05) is 101 Å². The molecule has 0 saturated carbocycles. The van der Waals surface area contributed by atoms with Crippen LogP contribution >= 0.6 is 15.9 Å². The van der Waals surface area contributed by atoms with E-state index >= 15 is 0 Å². The van der Waals surface area contributed by atoms with Crippen LogP contribution in [0, 0.1) is 0 Å². The molecule has 0 radical (unpaired) electrons. The van der Waals surface area contributed by atoms with Crippen molar-refractivity contribution in [1.29, 1.82) is 0 Å². The van der Waals surface area contributed by atoms with E-state index in [0.717, 1.165) is 46.7 Å². The van der Waals surface area contributed by atoms with Crippen molar-refractivity contribution in [3.8, 4) is 5.75 Å². The quantitative estimate of drug-likeness (QED) is 0.344.